The van der Waals surface area contributed by atoms with Crippen molar-refractivity contribution in [2.45, 2.75) is 18.9 Å². The van der Waals surface area contributed by atoms with E-state index in [0.29, 0.717) is 11.4 Å². The quantitative estimate of drug-likeness (QED) is 0.773. The molecule has 3 nitrogen and oxygen atoms in total. The number of rotatable bonds is 5. The van der Waals surface area contributed by atoms with E-state index in [1.807, 2.05) is 36.8 Å². The standard InChI is InChI=1S/C14H14ClN3/c15-7-1-2-14(18-9-8-17-11-18)13-5-3-12(10-16)4-6-13/h3-6,8-9,11,14H,1-2,7H2. The van der Waals surface area contributed by atoms with Gasteiger partial charge in [-0.15, -0.1) is 11.6 Å². The van der Waals surface area contributed by atoms with Crippen LogP contribution < -0.4 is 0 Å². The average Bonchev–Trinajstić information content (AvgIpc) is 2.94. The van der Waals surface area contributed by atoms with Gasteiger partial charge in [-0.05, 0) is 30.5 Å². The maximum Gasteiger partial charge on any atom is 0.0991 e. The average molecular weight is 260 g/mol. The highest BCUT2D eigenvalue weighted by molar-refractivity contribution is 6.17. The molecule has 1 unspecified atom stereocenters. The molecule has 0 bridgehead atoms. The summed E-state index contributed by atoms with van der Waals surface area (Å²) >= 11 is 5.77. The predicted molar refractivity (Wildman–Crippen MR) is 71.5 cm³/mol. The van der Waals surface area contributed by atoms with Gasteiger partial charge in [0.15, 0.2) is 0 Å². The summed E-state index contributed by atoms with van der Waals surface area (Å²) in [5.41, 5.74) is 1.86. The molecule has 1 heterocycles. The van der Waals surface area contributed by atoms with Crippen molar-refractivity contribution in [3.8, 4) is 6.07 Å². The molecular weight excluding hydrogens is 246 g/mol. The lowest BCUT2D eigenvalue weighted by Gasteiger charge is -2.18. The number of aromatic nitrogens is 2. The molecule has 1 aromatic carbocycles. The molecule has 4 heteroatoms. The van der Waals surface area contributed by atoms with Gasteiger partial charge in [-0.2, -0.15) is 5.26 Å². The number of imidazole rings is 1. The smallest absolute Gasteiger partial charge is 0.0991 e. The van der Waals surface area contributed by atoms with Crippen molar-refractivity contribution < 1.29 is 0 Å². The number of benzene rings is 1. The summed E-state index contributed by atoms with van der Waals surface area (Å²) in [6.07, 6.45) is 7.46. The number of hydrogen-bond acceptors (Lipinski definition) is 2. The molecule has 92 valence electrons. The molecule has 1 atom stereocenters. The summed E-state index contributed by atoms with van der Waals surface area (Å²) in [4.78, 5) is 4.09. The van der Waals surface area contributed by atoms with Crippen LogP contribution in [0.15, 0.2) is 43.0 Å². The molecule has 0 fully saturated rings. The van der Waals surface area contributed by atoms with E-state index in [9.17, 15) is 0 Å². The van der Waals surface area contributed by atoms with Crippen LogP contribution in [0.1, 0.15) is 30.0 Å². The Morgan fingerprint density at radius 2 is 2.11 bits per heavy atom. The van der Waals surface area contributed by atoms with Gasteiger partial charge in [-0.25, -0.2) is 4.98 Å². The van der Waals surface area contributed by atoms with Gasteiger partial charge in [0.25, 0.3) is 0 Å². The fraction of sp³-hybridized carbons (Fsp3) is 0.286. The molecule has 0 amide bonds. The molecule has 0 aliphatic rings. The third-order valence-corrected chi connectivity index (χ3v) is 3.19. The fourth-order valence-electron chi connectivity index (χ4n) is 1.99. The van der Waals surface area contributed by atoms with Crippen LogP contribution in [0.5, 0.6) is 0 Å². The topological polar surface area (TPSA) is 41.6 Å². The molecule has 0 N–H and O–H groups in total. The number of alkyl halides is 1. The van der Waals surface area contributed by atoms with Crippen LogP contribution in [0.2, 0.25) is 0 Å². The largest absolute Gasteiger partial charge is 0.330 e. The summed E-state index contributed by atoms with van der Waals surface area (Å²) in [6, 6.07) is 10.1. The maximum atomic E-state index is 8.81. The predicted octanol–water partition coefficient (Wildman–Crippen LogP) is 3.36. The van der Waals surface area contributed by atoms with Crippen LogP contribution in [0.4, 0.5) is 0 Å². The van der Waals surface area contributed by atoms with E-state index in [1.54, 1.807) is 6.20 Å². The Morgan fingerprint density at radius 1 is 1.33 bits per heavy atom. The minimum absolute atomic E-state index is 0.235. The Bertz CT molecular complexity index is 511. The van der Waals surface area contributed by atoms with E-state index in [2.05, 4.69) is 15.6 Å². The van der Waals surface area contributed by atoms with Gasteiger partial charge in [-0.3, -0.25) is 0 Å². The van der Waals surface area contributed by atoms with Crippen molar-refractivity contribution in [2.75, 3.05) is 5.88 Å². The molecule has 0 saturated carbocycles. The number of nitrogens with zero attached hydrogens (tertiary/aromatic N) is 3. The third kappa shape index (κ3) is 2.91. The first-order valence-electron chi connectivity index (χ1n) is 5.88. The number of hydrogen-bond donors (Lipinski definition) is 0. The minimum atomic E-state index is 0.235. The normalized spacial score (nSPS) is 12.0. The monoisotopic (exact) mass is 259 g/mol. The molecule has 1 aromatic heterocycles. The van der Waals surface area contributed by atoms with Crippen LogP contribution in [0.3, 0.4) is 0 Å². The van der Waals surface area contributed by atoms with E-state index in [0.717, 1.165) is 12.8 Å². The summed E-state index contributed by atoms with van der Waals surface area (Å²) in [5.74, 6) is 0.654. The van der Waals surface area contributed by atoms with Gasteiger partial charge in [0.2, 0.25) is 0 Å². The first-order valence-corrected chi connectivity index (χ1v) is 6.42. The Kier molecular flexibility index (Phi) is 4.38. The van der Waals surface area contributed by atoms with Gasteiger partial charge in [0.1, 0.15) is 0 Å². The molecule has 0 aliphatic heterocycles. The molecule has 0 aliphatic carbocycles. The van der Waals surface area contributed by atoms with Crippen molar-refractivity contribution in [2.24, 2.45) is 0 Å². The highest BCUT2D eigenvalue weighted by Crippen LogP contribution is 2.23. The molecule has 0 saturated heterocycles. The first kappa shape index (κ1) is 12.7. The van der Waals surface area contributed by atoms with E-state index in [4.69, 9.17) is 16.9 Å². The molecular formula is C14H14ClN3. The Morgan fingerprint density at radius 3 is 2.67 bits per heavy atom. The molecule has 18 heavy (non-hydrogen) atoms. The van der Waals surface area contributed by atoms with Gasteiger partial charge in [-0.1, -0.05) is 12.1 Å². The highest BCUT2D eigenvalue weighted by Gasteiger charge is 2.12. The molecule has 2 aromatic rings. The van der Waals surface area contributed by atoms with Crippen LogP contribution >= 0.6 is 11.6 Å². The zero-order chi connectivity index (χ0) is 12.8. The second-order valence-electron chi connectivity index (χ2n) is 4.09. The fourth-order valence-corrected chi connectivity index (χ4v) is 2.15. The molecule has 0 spiro atoms. The van der Waals surface area contributed by atoms with Gasteiger partial charge in [0.05, 0.1) is 24.0 Å². The third-order valence-electron chi connectivity index (χ3n) is 2.92. The van der Waals surface area contributed by atoms with Crippen LogP contribution in [0.25, 0.3) is 0 Å². The van der Waals surface area contributed by atoms with Gasteiger partial charge in [0, 0.05) is 18.3 Å². The second kappa shape index (κ2) is 6.23. The van der Waals surface area contributed by atoms with E-state index < -0.39 is 0 Å². The van der Waals surface area contributed by atoms with Crippen molar-refractivity contribution >= 4 is 11.6 Å². The lowest BCUT2D eigenvalue weighted by Crippen LogP contribution is -2.09. The first-order chi connectivity index (χ1) is 8.85. The van der Waals surface area contributed by atoms with Crippen LogP contribution in [0, 0.1) is 11.3 Å². The van der Waals surface area contributed by atoms with E-state index in [-0.39, 0.29) is 6.04 Å². The van der Waals surface area contributed by atoms with Crippen molar-refractivity contribution in [3.05, 3.63) is 54.1 Å². The highest BCUT2D eigenvalue weighted by atomic mass is 35.5. The zero-order valence-electron chi connectivity index (χ0n) is 9.96. The summed E-state index contributed by atoms with van der Waals surface area (Å²) in [6.45, 7) is 0. The van der Waals surface area contributed by atoms with E-state index >= 15 is 0 Å². The van der Waals surface area contributed by atoms with Crippen LogP contribution in [-0.2, 0) is 0 Å². The second-order valence-corrected chi connectivity index (χ2v) is 4.47. The van der Waals surface area contributed by atoms with Crippen molar-refractivity contribution in [3.63, 3.8) is 0 Å². The van der Waals surface area contributed by atoms with Crippen LogP contribution in [-0.4, -0.2) is 15.4 Å². The Labute approximate surface area is 112 Å². The van der Waals surface area contributed by atoms with Crippen molar-refractivity contribution in [1.29, 1.82) is 5.26 Å². The Balaban J connectivity index is 2.25. The number of halogens is 1. The molecule has 0 radical (unpaired) electrons. The maximum absolute atomic E-state index is 8.81. The summed E-state index contributed by atoms with van der Waals surface area (Å²) < 4.78 is 2.08. The number of nitriles is 1. The van der Waals surface area contributed by atoms with Crippen molar-refractivity contribution in [1.82, 2.24) is 9.55 Å². The SMILES string of the molecule is N#Cc1ccc(C(CCCCl)n2ccnc2)cc1. The minimum Gasteiger partial charge on any atom is -0.330 e. The molecule has 2 rings (SSSR count). The Hall–Kier alpha value is -1.79. The van der Waals surface area contributed by atoms with Gasteiger partial charge >= 0.3 is 0 Å². The van der Waals surface area contributed by atoms with E-state index in [1.165, 1.54) is 5.56 Å². The lowest BCUT2D eigenvalue weighted by molar-refractivity contribution is 0.534. The lowest BCUT2D eigenvalue weighted by atomic mass is 10.0. The zero-order valence-corrected chi connectivity index (χ0v) is 10.7. The summed E-state index contributed by atoms with van der Waals surface area (Å²) in [5, 5.41) is 8.81. The summed E-state index contributed by atoms with van der Waals surface area (Å²) in [7, 11) is 0. The van der Waals surface area contributed by atoms with Gasteiger partial charge < -0.3 is 4.57 Å².